The molecule has 0 radical (unpaired) electrons. The molecule has 4 heteroatoms. The van der Waals surface area contributed by atoms with Gasteiger partial charge in [-0.15, -0.1) is 0 Å². The highest BCUT2D eigenvalue weighted by molar-refractivity contribution is 5.21. The van der Waals surface area contributed by atoms with E-state index in [0.29, 0.717) is 6.61 Å². The number of aryl methyl sites for hydroxylation is 1. The molecule has 0 saturated carbocycles. The lowest BCUT2D eigenvalue weighted by atomic mass is 9.95. The fourth-order valence-corrected chi connectivity index (χ4v) is 2.25. The van der Waals surface area contributed by atoms with Crippen LogP contribution >= 0.6 is 0 Å². The molecule has 1 heterocycles. The summed E-state index contributed by atoms with van der Waals surface area (Å²) in [6, 6.07) is -0.0382. The first-order chi connectivity index (χ1) is 8.50. The number of nitrogens with zero attached hydrogens (tertiary/aromatic N) is 2. The SMILES string of the molecule is CCOC(CC)(CC)c1ncc([C@H](C)N)c(C)n1. The average molecular weight is 251 g/mol. The number of aromatic nitrogens is 2. The van der Waals surface area contributed by atoms with E-state index in [9.17, 15) is 0 Å². The molecular weight excluding hydrogens is 226 g/mol. The van der Waals surface area contributed by atoms with Gasteiger partial charge in [0.2, 0.25) is 0 Å². The topological polar surface area (TPSA) is 61.0 Å². The number of rotatable bonds is 6. The van der Waals surface area contributed by atoms with Crippen molar-refractivity contribution in [3.63, 3.8) is 0 Å². The third-order valence-electron chi connectivity index (χ3n) is 3.48. The van der Waals surface area contributed by atoms with E-state index in [1.165, 1.54) is 0 Å². The molecule has 1 atom stereocenters. The van der Waals surface area contributed by atoms with E-state index in [2.05, 4.69) is 23.8 Å². The van der Waals surface area contributed by atoms with Crippen LogP contribution in [0.2, 0.25) is 0 Å². The molecule has 0 aliphatic heterocycles. The van der Waals surface area contributed by atoms with Gasteiger partial charge in [-0.05, 0) is 33.6 Å². The van der Waals surface area contributed by atoms with Gasteiger partial charge in [-0.3, -0.25) is 0 Å². The molecule has 2 N–H and O–H groups in total. The molecule has 1 rings (SSSR count). The van der Waals surface area contributed by atoms with Gasteiger partial charge < -0.3 is 10.5 Å². The van der Waals surface area contributed by atoms with Crippen molar-refractivity contribution in [2.24, 2.45) is 5.73 Å². The molecule has 0 amide bonds. The van der Waals surface area contributed by atoms with Crippen molar-refractivity contribution < 1.29 is 4.74 Å². The Morgan fingerprint density at radius 2 is 1.94 bits per heavy atom. The first-order valence-electron chi connectivity index (χ1n) is 6.74. The Morgan fingerprint density at radius 3 is 2.33 bits per heavy atom. The van der Waals surface area contributed by atoms with Crippen LogP contribution in [0.5, 0.6) is 0 Å². The Labute approximate surface area is 110 Å². The molecular formula is C14H25N3O. The number of hydrogen-bond donors (Lipinski definition) is 1. The fraction of sp³-hybridized carbons (Fsp3) is 0.714. The van der Waals surface area contributed by atoms with Crippen molar-refractivity contribution in [1.82, 2.24) is 9.97 Å². The van der Waals surface area contributed by atoms with Crippen LogP contribution in [-0.4, -0.2) is 16.6 Å². The zero-order chi connectivity index (χ0) is 13.8. The molecule has 102 valence electrons. The molecule has 0 unspecified atom stereocenters. The van der Waals surface area contributed by atoms with Crippen LogP contribution in [0.3, 0.4) is 0 Å². The van der Waals surface area contributed by atoms with Crippen LogP contribution in [0.15, 0.2) is 6.20 Å². The first-order valence-corrected chi connectivity index (χ1v) is 6.74. The maximum Gasteiger partial charge on any atom is 0.160 e. The Morgan fingerprint density at radius 1 is 1.33 bits per heavy atom. The van der Waals surface area contributed by atoms with E-state index in [0.717, 1.165) is 29.9 Å². The lowest BCUT2D eigenvalue weighted by molar-refractivity contribution is -0.0573. The van der Waals surface area contributed by atoms with Gasteiger partial charge in [0.25, 0.3) is 0 Å². The van der Waals surface area contributed by atoms with Gasteiger partial charge >= 0.3 is 0 Å². The highest BCUT2D eigenvalue weighted by Gasteiger charge is 2.32. The van der Waals surface area contributed by atoms with E-state index < -0.39 is 0 Å². The molecule has 18 heavy (non-hydrogen) atoms. The molecule has 0 aromatic carbocycles. The van der Waals surface area contributed by atoms with Gasteiger partial charge in [-0.1, -0.05) is 13.8 Å². The smallest absolute Gasteiger partial charge is 0.160 e. The summed E-state index contributed by atoms with van der Waals surface area (Å²) < 4.78 is 5.91. The summed E-state index contributed by atoms with van der Waals surface area (Å²) in [4.78, 5) is 9.09. The Bertz CT molecular complexity index is 387. The van der Waals surface area contributed by atoms with Gasteiger partial charge in [-0.25, -0.2) is 9.97 Å². The van der Waals surface area contributed by atoms with Gasteiger partial charge in [-0.2, -0.15) is 0 Å². The molecule has 0 fully saturated rings. The van der Waals surface area contributed by atoms with E-state index in [1.807, 2.05) is 27.0 Å². The zero-order valence-corrected chi connectivity index (χ0v) is 12.2. The van der Waals surface area contributed by atoms with Crippen LogP contribution in [0.1, 0.15) is 63.7 Å². The fourth-order valence-electron chi connectivity index (χ4n) is 2.25. The van der Waals surface area contributed by atoms with Crippen molar-refractivity contribution in [2.75, 3.05) is 6.61 Å². The third-order valence-corrected chi connectivity index (χ3v) is 3.48. The summed E-state index contributed by atoms with van der Waals surface area (Å²) in [5.74, 6) is 0.774. The predicted octanol–water partition coefficient (Wildman–Crippen LogP) is 2.86. The van der Waals surface area contributed by atoms with Crippen LogP contribution in [-0.2, 0) is 10.3 Å². The standard InChI is InChI=1S/C14H25N3O/c1-6-14(7-2,18-8-3)13-16-9-12(10(4)15)11(5)17-13/h9-10H,6-8,15H2,1-5H3/t10-/m0/s1. The molecule has 4 nitrogen and oxygen atoms in total. The van der Waals surface area contributed by atoms with E-state index >= 15 is 0 Å². The van der Waals surface area contributed by atoms with Gasteiger partial charge in [0.15, 0.2) is 5.82 Å². The highest BCUT2D eigenvalue weighted by Crippen LogP contribution is 2.31. The van der Waals surface area contributed by atoms with Crippen molar-refractivity contribution in [3.8, 4) is 0 Å². The zero-order valence-electron chi connectivity index (χ0n) is 12.2. The maximum absolute atomic E-state index is 5.91. The van der Waals surface area contributed by atoms with E-state index in [4.69, 9.17) is 10.5 Å². The summed E-state index contributed by atoms with van der Waals surface area (Å²) in [6.07, 6.45) is 3.57. The number of ether oxygens (including phenoxy) is 1. The third kappa shape index (κ3) is 2.87. The maximum atomic E-state index is 5.91. The second-order valence-corrected chi connectivity index (χ2v) is 4.66. The minimum atomic E-state index is -0.365. The van der Waals surface area contributed by atoms with E-state index in [-0.39, 0.29) is 11.6 Å². The number of nitrogens with two attached hydrogens (primary N) is 1. The van der Waals surface area contributed by atoms with Crippen molar-refractivity contribution in [1.29, 1.82) is 0 Å². The Balaban J connectivity index is 3.18. The normalized spacial score (nSPS) is 13.7. The molecule has 0 aliphatic carbocycles. The van der Waals surface area contributed by atoms with Gasteiger partial charge in [0.05, 0.1) is 0 Å². The van der Waals surface area contributed by atoms with Crippen molar-refractivity contribution in [2.45, 2.75) is 59.1 Å². The lowest BCUT2D eigenvalue weighted by Crippen LogP contribution is -2.31. The molecule has 0 spiro atoms. The second-order valence-electron chi connectivity index (χ2n) is 4.66. The number of hydrogen-bond acceptors (Lipinski definition) is 4. The molecule has 0 saturated heterocycles. The quantitative estimate of drug-likeness (QED) is 0.844. The van der Waals surface area contributed by atoms with Crippen LogP contribution in [0.4, 0.5) is 0 Å². The Hall–Kier alpha value is -1.00. The summed E-state index contributed by atoms with van der Waals surface area (Å²) >= 11 is 0. The van der Waals surface area contributed by atoms with Crippen LogP contribution < -0.4 is 5.73 Å². The van der Waals surface area contributed by atoms with E-state index in [1.54, 1.807) is 0 Å². The lowest BCUT2D eigenvalue weighted by Gasteiger charge is -2.30. The minimum absolute atomic E-state index is 0.0382. The average Bonchev–Trinajstić information content (AvgIpc) is 2.35. The van der Waals surface area contributed by atoms with Gasteiger partial charge in [0, 0.05) is 30.1 Å². The van der Waals surface area contributed by atoms with Gasteiger partial charge in [0.1, 0.15) is 5.60 Å². The molecule has 0 aliphatic rings. The summed E-state index contributed by atoms with van der Waals surface area (Å²) in [5.41, 5.74) is 7.46. The monoisotopic (exact) mass is 251 g/mol. The van der Waals surface area contributed by atoms with Crippen molar-refractivity contribution in [3.05, 3.63) is 23.3 Å². The summed E-state index contributed by atoms with van der Waals surface area (Å²) in [7, 11) is 0. The summed E-state index contributed by atoms with van der Waals surface area (Å²) in [6.45, 7) is 10.8. The Kier molecular flexibility index (Phi) is 5.23. The highest BCUT2D eigenvalue weighted by atomic mass is 16.5. The van der Waals surface area contributed by atoms with Crippen molar-refractivity contribution >= 4 is 0 Å². The predicted molar refractivity (Wildman–Crippen MR) is 73.3 cm³/mol. The van der Waals surface area contributed by atoms with Crippen LogP contribution in [0, 0.1) is 6.92 Å². The second kappa shape index (κ2) is 6.25. The molecule has 1 aromatic heterocycles. The molecule has 1 aromatic rings. The first kappa shape index (κ1) is 15.1. The minimum Gasteiger partial charge on any atom is -0.367 e. The van der Waals surface area contributed by atoms with Crippen LogP contribution in [0.25, 0.3) is 0 Å². The largest absolute Gasteiger partial charge is 0.367 e. The summed E-state index contributed by atoms with van der Waals surface area (Å²) in [5, 5.41) is 0. The molecule has 0 bridgehead atoms.